The monoisotopic (exact) mass is 276 g/mol. The van der Waals surface area contributed by atoms with Crippen molar-refractivity contribution in [1.82, 2.24) is 14.8 Å². The van der Waals surface area contributed by atoms with Crippen LogP contribution in [0.2, 0.25) is 0 Å². The first-order chi connectivity index (χ1) is 9.16. The Hall–Kier alpha value is -1.82. The predicted molar refractivity (Wildman–Crippen MR) is 77.6 cm³/mol. The average molecular weight is 276 g/mol. The van der Waals surface area contributed by atoms with Crippen molar-refractivity contribution in [3.8, 4) is 5.82 Å². The van der Waals surface area contributed by atoms with Gasteiger partial charge in [0.25, 0.3) is 0 Å². The van der Waals surface area contributed by atoms with E-state index in [1.54, 1.807) is 41.1 Å². The summed E-state index contributed by atoms with van der Waals surface area (Å²) in [7, 11) is 0. The minimum atomic E-state index is -0.0277. The van der Waals surface area contributed by atoms with E-state index in [0.717, 1.165) is 0 Å². The minimum Gasteiger partial charge on any atom is -0.322 e. The molecule has 0 spiro atoms. The van der Waals surface area contributed by atoms with Gasteiger partial charge in [-0.25, -0.2) is 9.67 Å². The minimum absolute atomic E-state index is 0.0277. The first-order valence-corrected chi connectivity index (χ1v) is 7.08. The zero-order valence-corrected chi connectivity index (χ0v) is 11.7. The molecule has 2 rings (SSSR count). The van der Waals surface area contributed by atoms with E-state index in [1.807, 2.05) is 12.1 Å². The van der Waals surface area contributed by atoms with Crippen LogP contribution in [-0.2, 0) is 4.79 Å². The number of thioether (sulfide) groups is 1. The van der Waals surface area contributed by atoms with E-state index < -0.39 is 0 Å². The molecule has 2 heterocycles. The number of anilines is 1. The normalized spacial score (nSPS) is 10.7. The van der Waals surface area contributed by atoms with Gasteiger partial charge in [0.1, 0.15) is 0 Å². The fourth-order valence-electron chi connectivity index (χ4n) is 1.50. The standard InChI is InChI=1S/C13H16N4OS/c1-10(2)19-9-12(18)16-11-5-3-6-14-13(11)17-8-4-7-15-17/h3-8,10H,9H2,1-2H3,(H,16,18). The molecule has 100 valence electrons. The van der Waals surface area contributed by atoms with Crippen molar-refractivity contribution in [3.05, 3.63) is 36.8 Å². The molecule has 0 atom stereocenters. The Morgan fingerprint density at radius 3 is 2.95 bits per heavy atom. The summed E-state index contributed by atoms with van der Waals surface area (Å²) in [5.74, 6) is 1.03. The van der Waals surface area contributed by atoms with Gasteiger partial charge in [0.2, 0.25) is 5.91 Å². The molecule has 1 N–H and O–H groups in total. The summed E-state index contributed by atoms with van der Waals surface area (Å²) < 4.78 is 1.63. The van der Waals surface area contributed by atoms with Gasteiger partial charge in [-0.2, -0.15) is 5.10 Å². The van der Waals surface area contributed by atoms with Gasteiger partial charge in [-0.15, -0.1) is 11.8 Å². The largest absolute Gasteiger partial charge is 0.322 e. The number of pyridine rings is 1. The quantitative estimate of drug-likeness (QED) is 0.910. The van der Waals surface area contributed by atoms with Crippen LogP contribution in [0.1, 0.15) is 13.8 Å². The van der Waals surface area contributed by atoms with Gasteiger partial charge in [-0.3, -0.25) is 4.79 Å². The first-order valence-electron chi connectivity index (χ1n) is 6.03. The summed E-state index contributed by atoms with van der Waals surface area (Å²) in [5, 5.41) is 7.43. The van der Waals surface area contributed by atoms with Crippen molar-refractivity contribution < 1.29 is 4.79 Å². The maximum absolute atomic E-state index is 11.8. The van der Waals surface area contributed by atoms with E-state index in [2.05, 4.69) is 29.2 Å². The highest BCUT2D eigenvalue weighted by atomic mass is 32.2. The molecule has 0 unspecified atom stereocenters. The Balaban J connectivity index is 2.10. The second-order valence-corrected chi connectivity index (χ2v) is 5.80. The van der Waals surface area contributed by atoms with Crippen LogP contribution in [0.4, 0.5) is 5.69 Å². The summed E-state index contributed by atoms with van der Waals surface area (Å²) in [4.78, 5) is 16.1. The van der Waals surface area contributed by atoms with Gasteiger partial charge in [0.05, 0.1) is 11.4 Å². The lowest BCUT2D eigenvalue weighted by Crippen LogP contribution is -2.17. The molecule has 0 aliphatic heterocycles. The summed E-state index contributed by atoms with van der Waals surface area (Å²) >= 11 is 1.61. The number of amides is 1. The SMILES string of the molecule is CC(C)SCC(=O)Nc1cccnc1-n1cccn1. The molecule has 0 aliphatic rings. The lowest BCUT2D eigenvalue weighted by Gasteiger charge is -2.10. The number of hydrogen-bond acceptors (Lipinski definition) is 4. The number of carbonyl (C=O) groups is 1. The Labute approximate surface area is 116 Å². The molecule has 0 radical (unpaired) electrons. The van der Waals surface area contributed by atoms with Crippen LogP contribution in [0.5, 0.6) is 0 Å². The van der Waals surface area contributed by atoms with Gasteiger partial charge in [0, 0.05) is 18.6 Å². The average Bonchev–Trinajstić information content (AvgIpc) is 2.91. The highest BCUT2D eigenvalue weighted by Crippen LogP contribution is 2.17. The molecular weight excluding hydrogens is 260 g/mol. The molecule has 2 aromatic rings. The zero-order valence-electron chi connectivity index (χ0n) is 10.9. The number of aromatic nitrogens is 3. The van der Waals surface area contributed by atoms with Crippen molar-refractivity contribution in [2.75, 3.05) is 11.1 Å². The van der Waals surface area contributed by atoms with Crippen molar-refractivity contribution in [3.63, 3.8) is 0 Å². The fraction of sp³-hybridized carbons (Fsp3) is 0.308. The van der Waals surface area contributed by atoms with Crippen LogP contribution < -0.4 is 5.32 Å². The van der Waals surface area contributed by atoms with Gasteiger partial charge < -0.3 is 5.32 Å². The Morgan fingerprint density at radius 2 is 2.26 bits per heavy atom. The number of hydrogen-bond donors (Lipinski definition) is 1. The highest BCUT2D eigenvalue weighted by molar-refractivity contribution is 8.00. The molecular formula is C13H16N4OS. The smallest absolute Gasteiger partial charge is 0.234 e. The van der Waals surface area contributed by atoms with E-state index in [9.17, 15) is 4.79 Å². The van der Waals surface area contributed by atoms with Crippen LogP contribution >= 0.6 is 11.8 Å². The summed E-state index contributed by atoms with van der Waals surface area (Å²) in [6, 6.07) is 5.43. The molecule has 6 heteroatoms. The Kier molecular flexibility index (Phi) is 4.57. The molecule has 0 fully saturated rings. The van der Waals surface area contributed by atoms with Gasteiger partial charge >= 0.3 is 0 Å². The first kappa shape index (κ1) is 13.6. The lowest BCUT2D eigenvalue weighted by molar-refractivity contribution is -0.113. The fourth-order valence-corrected chi connectivity index (χ4v) is 2.06. The van der Waals surface area contributed by atoms with Gasteiger partial charge in [0.15, 0.2) is 5.82 Å². The van der Waals surface area contributed by atoms with E-state index >= 15 is 0 Å². The third-order valence-corrected chi connectivity index (χ3v) is 3.43. The second-order valence-electron chi connectivity index (χ2n) is 4.23. The zero-order chi connectivity index (χ0) is 13.7. The van der Waals surface area contributed by atoms with Crippen LogP contribution in [0.25, 0.3) is 5.82 Å². The van der Waals surface area contributed by atoms with Crippen molar-refractivity contribution in [1.29, 1.82) is 0 Å². The third kappa shape index (κ3) is 3.82. The topological polar surface area (TPSA) is 59.8 Å². The highest BCUT2D eigenvalue weighted by Gasteiger charge is 2.10. The van der Waals surface area contributed by atoms with E-state index in [0.29, 0.717) is 22.5 Å². The summed E-state index contributed by atoms with van der Waals surface area (Å²) in [6.07, 6.45) is 5.14. The maximum atomic E-state index is 11.8. The Morgan fingerprint density at radius 1 is 1.42 bits per heavy atom. The predicted octanol–water partition coefficient (Wildman–Crippen LogP) is 2.35. The number of nitrogens with zero attached hydrogens (tertiary/aromatic N) is 3. The molecule has 0 saturated heterocycles. The molecule has 5 nitrogen and oxygen atoms in total. The van der Waals surface area contributed by atoms with Crippen molar-refractivity contribution in [2.24, 2.45) is 0 Å². The van der Waals surface area contributed by atoms with E-state index in [1.165, 1.54) is 0 Å². The van der Waals surface area contributed by atoms with Crippen LogP contribution in [0.15, 0.2) is 36.8 Å². The van der Waals surface area contributed by atoms with E-state index in [4.69, 9.17) is 0 Å². The molecule has 2 aromatic heterocycles. The van der Waals surface area contributed by atoms with Gasteiger partial charge in [-0.1, -0.05) is 13.8 Å². The molecule has 0 saturated carbocycles. The third-order valence-electron chi connectivity index (χ3n) is 2.33. The van der Waals surface area contributed by atoms with Crippen LogP contribution in [0, 0.1) is 0 Å². The van der Waals surface area contributed by atoms with Crippen molar-refractivity contribution in [2.45, 2.75) is 19.1 Å². The van der Waals surface area contributed by atoms with Crippen molar-refractivity contribution >= 4 is 23.4 Å². The summed E-state index contributed by atoms with van der Waals surface area (Å²) in [6.45, 7) is 4.13. The second kappa shape index (κ2) is 6.38. The lowest BCUT2D eigenvalue weighted by atomic mass is 10.4. The molecule has 0 aromatic carbocycles. The van der Waals surface area contributed by atoms with Gasteiger partial charge in [-0.05, 0) is 23.4 Å². The molecule has 0 bridgehead atoms. The number of carbonyl (C=O) groups excluding carboxylic acids is 1. The number of rotatable bonds is 5. The molecule has 1 amide bonds. The maximum Gasteiger partial charge on any atom is 0.234 e. The van der Waals surface area contributed by atoms with E-state index in [-0.39, 0.29) is 5.91 Å². The van der Waals surface area contributed by atoms with Crippen LogP contribution in [0.3, 0.4) is 0 Å². The number of nitrogens with one attached hydrogen (secondary N) is 1. The Bertz CT molecular complexity index is 539. The molecule has 0 aliphatic carbocycles. The van der Waals surface area contributed by atoms with Crippen LogP contribution in [-0.4, -0.2) is 31.7 Å². The molecule has 19 heavy (non-hydrogen) atoms. The summed E-state index contributed by atoms with van der Waals surface area (Å²) in [5.41, 5.74) is 0.667.